The number of nitrogens with zero attached hydrogens (tertiary/aromatic N) is 2. The van der Waals surface area contributed by atoms with Crippen LogP contribution in [0.1, 0.15) is 35.2 Å². The number of hydrogen-bond acceptors (Lipinski definition) is 5. The predicted octanol–water partition coefficient (Wildman–Crippen LogP) is 3.33. The molecule has 0 atom stereocenters. The molecule has 156 valence electrons. The number of nitrogens with one attached hydrogen (secondary N) is 1. The number of rotatable bonds is 5. The lowest BCUT2D eigenvalue weighted by molar-refractivity contribution is -0.126. The number of pyridine rings is 1. The summed E-state index contributed by atoms with van der Waals surface area (Å²) in [4.78, 5) is 31.1. The minimum atomic E-state index is -0.312. The minimum absolute atomic E-state index is 0.0204. The third kappa shape index (κ3) is 4.60. The van der Waals surface area contributed by atoms with Gasteiger partial charge in [-0.1, -0.05) is 12.1 Å². The molecule has 1 amide bonds. The van der Waals surface area contributed by atoms with Crippen LogP contribution in [0.4, 0.5) is 0 Å². The Kier molecular flexibility index (Phi) is 5.95. The second kappa shape index (κ2) is 8.79. The Hall–Kier alpha value is -2.99. The molecule has 6 nitrogen and oxygen atoms in total. The van der Waals surface area contributed by atoms with Crippen LogP contribution < -0.4 is 10.9 Å². The summed E-state index contributed by atoms with van der Waals surface area (Å²) in [5.74, 6) is 0.115. The van der Waals surface area contributed by atoms with E-state index >= 15 is 0 Å². The monoisotopic (exact) mass is 405 g/mol. The first-order valence-corrected chi connectivity index (χ1v) is 10.4. The smallest absolute Gasteiger partial charge is 0.336 e. The summed E-state index contributed by atoms with van der Waals surface area (Å²) in [5, 5.41) is 4.01. The first-order valence-electron chi connectivity index (χ1n) is 10.4. The Balaban J connectivity index is 1.38. The van der Waals surface area contributed by atoms with E-state index in [0.29, 0.717) is 18.7 Å². The first-order chi connectivity index (χ1) is 14.5. The largest absolute Gasteiger partial charge is 0.422 e. The van der Waals surface area contributed by atoms with Gasteiger partial charge in [-0.3, -0.25) is 14.7 Å². The standard InChI is InChI=1S/C24H27N3O3/c1-16-11-17(2)23-21(12-16)19(13-22(28)30-23)15-27-9-6-18(7-10-27)24(29)26-14-20-5-3-4-8-25-20/h3-5,8,11-13,18H,6-7,9-10,14-15H2,1-2H3,(H,26,29). The zero-order valence-corrected chi connectivity index (χ0v) is 17.5. The molecule has 6 heteroatoms. The van der Waals surface area contributed by atoms with Crippen LogP contribution in [0, 0.1) is 19.8 Å². The Morgan fingerprint density at radius 2 is 2.00 bits per heavy atom. The summed E-state index contributed by atoms with van der Waals surface area (Å²) in [5.41, 5.74) is 4.35. The van der Waals surface area contributed by atoms with Gasteiger partial charge in [-0.05, 0) is 74.7 Å². The van der Waals surface area contributed by atoms with Crippen LogP contribution >= 0.6 is 0 Å². The lowest BCUT2D eigenvalue weighted by Gasteiger charge is -2.31. The maximum atomic E-state index is 12.5. The Bertz CT molecular complexity index is 1100. The van der Waals surface area contributed by atoms with E-state index in [1.54, 1.807) is 12.3 Å². The van der Waals surface area contributed by atoms with Gasteiger partial charge in [0.15, 0.2) is 0 Å². The van der Waals surface area contributed by atoms with Crippen LogP contribution in [0.2, 0.25) is 0 Å². The van der Waals surface area contributed by atoms with Gasteiger partial charge < -0.3 is 9.73 Å². The van der Waals surface area contributed by atoms with Crippen LogP contribution in [0.3, 0.4) is 0 Å². The normalized spacial score (nSPS) is 15.4. The summed E-state index contributed by atoms with van der Waals surface area (Å²) in [6, 6.07) is 11.4. The maximum absolute atomic E-state index is 12.5. The molecular formula is C24H27N3O3. The van der Waals surface area contributed by atoms with Gasteiger partial charge >= 0.3 is 5.63 Å². The molecule has 3 heterocycles. The second-order valence-electron chi connectivity index (χ2n) is 8.14. The van der Waals surface area contributed by atoms with E-state index in [4.69, 9.17) is 4.42 Å². The molecule has 0 radical (unpaired) electrons. The number of aromatic nitrogens is 1. The molecule has 1 saturated heterocycles. The predicted molar refractivity (Wildman–Crippen MR) is 116 cm³/mol. The van der Waals surface area contributed by atoms with Crippen molar-refractivity contribution in [3.8, 4) is 0 Å². The van der Waals surface area contributed by atoms with E-state index in [0.717, 1.165) is 53.7 Å². The highest BCUT2D eigenvalue weighted by atomic mass is 16.4. The molecule has 1 aliphatic heterocycles. The van der Waals surface area contributed by atoms with Crippen molar-refractivity contribution in [2.24, 2.45) is 5.92 Å². The molecule has 1 N–H and O–H groups in total. The number of aryl methyl sites for hydroxylation is 2. The van der Waals surface area contributed by atoms with Crippen molar-refractivity contribution in [1.82, 2.24) is 15.2 Å². The Morgan fingerprint density at radius 3 is 2.73 bits per heavy atom. The average molecular weight is 405 g/mol. The molecule has 0 spiro atoms. The fourth-order valence-corrected chi connectivity index (χ4v) is 4.23. The number of carbonyl (C=O) groups excluding carboxylic acids is 1. The number of amides is 1. The van der Waals surface area contributed by atoms with Crippen molar-refractivity contribution in [1.29, 1.82) is 0 Å². The summed E-state index contributed by atoms with van der Waals surface area (Å²) in [6.45, 7) is 6.83. The Morgan fingerprint density at radius 1 is 1.20 bits per heavy atom. The van der Waals surface area contributed by atoms with Crippen molar-refractivity contribution < 1.29 is 9.21 Å². The fourth-order valence-electron chi connectivity index (χ4n) is 4.23. The van der Waals surface area contributed by atoms with E-state index in [1.807, 2.05) is 31.2 Å². The van der Waals surface area contributed by atoms with E-state index in [9.17, 15) is 9.59 Å². The molecule has 0 unspecified atom stereocenters. The van der Waals surface area contributed by atoms with Gasteiger partial charge in [-0.25, -0.2) is 4.79 Å². The van der Waals surface area contributed by atoms with E-state index in [2.05, 4.69) is 28.2 Å². The summed E-state index contributed by atoms with van der Waals surface area (Å²) < 4.78 is 5.46. The first kappa shape index (κ1) is 20.3. The van der Waals surface area contributed by atoms with Gasteiger partial charge in [0.05, 0.1) is 12.2 Å². The highest BCUT2D eigenvalue weighted by molar-refractivity contribution is 5.83. The van der Waals surface area contributed by atoms with Crippen molar-refractivity contribution >= 4 is 16.9 Å². The zero-order chi connectivity index (χ0) is 21.1. The summed E-state index contributed by atoms with van der Waals surface area (Å²) in [6.07, 6.45) is 3.35. The second-order valence-corrected chi connectivity index (χ2v) is 8.14. The van der Waals surface area contributed by atoms with Gasteiger partial charge in [0.25, 0.3) is 0 Å². The third-order valence-corrected chi connectivity index (χ3v) is 5.78. The van der Waals surface area contributed by atoms with E-state index < -0.39 is 0 Å². The van der Waals surface area contributed by atoms with Crippen molar-refractivity contribution in [3.05, 3.63) is 75.4 Å². The highest BCUT2D eigenvalue weighted by Gasteiger charge is 2.25. The summed E-state index contributed by atoms with van der Waals surface area (Å²) >= 11 is 0. The van der Waals surface area contributed by atoms with Crippen LogP contribution in [-0.4, -0.2) is 28.9 Å². The van der Waals surface area contributed by atoms with Gasteiger partial charge in [0.2, 0.25) is 5.91 Å². The van der Waals surface area contributed by atoms with Crippen LogP contribution in [-0.2, 0) is 17.9 Å². The molecule has 2 aromatic heterocycles. The van der Waals surface area contributed by atoms with E-state index in [-0.39, 0.29) is 17.5 Å². The Labute approximate surface area is 175 Å². The number of piperidine rings is 1. The maximum Gasteiger partial charge on any atom is 0.336 e. The topological polar surface area (TPSA) is 75.4 Å². The molecule has 30 heavy (non-hydrogen) atoms. The number of fused-ring (bicyclic) bond motifs is 1. The number of hydrogen-bond donors (Lipinski definition) is 1. The average Bonchev–Trinajstić information content (AvgIpc) is 2.74. The zero-order valence-electron chi connectivity index (χ0n) is 17.5. The quantitative estimate of drug-likeness (QED) is 0.659. The lowest BCUT2D eigenvalue weighted by Crippen LogP contribution is -2.40. The molecule has 0 saturated carbocycles. The molecule has 1 aliphatic rings. The molecule has 4 rings (SSSR count). The molecule has 1 fully saturated rings. The van der Waals surface area contributed by atoms with Gasteiger partial charge in [-0.15, -0.1) is 0 Å². The third-order valence-electron chi connectivity index (χ3n) is 5.78. The number of likely N-dealkylation sites (tertiary alicyclic amines) is 1. The molecule has 0 bridgehead atoms. The fraction of sp³-hybridized carbons (Fsp3) is 0.375. The van der Waals surface area contributed by atoms with Crippen molar-refractivity contribution in [2.45, 2.75) is 39.8 Å². The van der Waals surface area contributed by atoms with E-state index in [1.165, 1.54) is 0 Å². The van der Waals surface area contributed by atoms with Crippen molar-refractivity contribution in [3.63, 3.8) is 0 Å². The molecule has 0 aliphatic carbocycles. The van der Waals surface area contributed by atoms with Gasteiger partial charge in [-0.2, -0.15) is 0 Å². The van der Waals surface area contributed by atoms with Crippen molar-refractivity contribution in [2.75, 3.05) is 13.1 Å². The summed E-state index contributed by atoms with van der Waals surface area (Å²) in [7, 11) is 0. The van der Waals surface area contributed by atoms with Gasteiger partial charge in [0.1, 0.15) is 5.58 Å². The minimum Gasteiger partial charge on any atom is -0.422 e. The lowest BCUT2D eigenvalue weighted by atomic mass is 9.95. The SMILES string of the molecule is Cc1cc(C)c2oc(=O)cc(CN3CCC(C(=O)NCc4ccccn4)CC3)c2c1. The number of carbonyl (C=O) groups is 1. The van der Waals surface area contributed by atoms with Crippen LogP contribution in [0.5, 0.6) is 0 Å². The van der Waals surface area contributed by atoms with Crippen LogP contribution in [0.25, 0.3) is 11.0 Å². The number of benzene rings is 1. The molecule has 1 aromatic carbocycles. The van der Waals surface area contributed by atoms with Crippen LogP contribution in [0.15, 0.2) is 51.8 Å². The molecule has 3 aromatic rings. The highest BCUT2D eigenvalue weighted by Crippen LogP contribution is 2.25. The van der Waals surface area contributed by atoms with Gasteiger partial charge in [0, 0.05) is 30.1 Å². The molecular weight excluding hydrogens is 378 g/mol.